The molecule has 0 aromatic heterocycles. The van der Waals surface area contributed by atoms with Crippen LogP contribution in [0.1, 0.15) is 12.8 Å². The van der Waals surface area contributed by atoms with Crippen molar-refractivity contribution in [1.29, 1.82) is 0 Å². The second-order valence-electron chi connectivity index (χ2n) is 2.50. The zero-order valence-electron chi connectivity index (χ0n) is 7.42. The molecule has 0 rings (SSSR count). The molecule has 4 heteroatoms. The van der Waals surface area contributed by atoms with Crippen molar-refractivity contribution in [2.75, 3.05) is 39.5 Å². The van der Waals surface area contributed by atoms with Crippen LogP contribution >= 0.6 is 0 Å². The molecule has 0 aliphatic heterocycles. The van der Waals surface area contributed by atoms with Crippen LogP contribution < -0.4 is 5.32 Å². The van der Waals surface area contributed by atoms with E-state index in [9.17, 15) is 5.11 Å². The minimum atomic E-state index is -0.0576. The summed E-state index contributed by atoms with van der Waals surface area (Å²) in [5.74, 6) is 0. The summed E-state index contributed by atoms with van der Waals surface area (Å²) >= 11 is 0. The van der Waals surface area contributed by atoms with Crippen molar-refractivity contribution < 1.29 is 14.9 Å². The van der Waals surface area contributed by atoms with Crippen molar-refractivity contribution in [3.63, 3.8) is 0 Å². The largest absolute Gasteiger partial charge is 0.396 e. The Kier molecular flexibility index (Phi) is 10.7. The van der Waals surface area contributed by atoms with Crippen LogP contribution in [-0.2, 0) is 9.84 Å². The molecule has 12 heavy (non-hydrogen) atoms. The molecule has 0 aromatic carbocycles. The van der Waals surface area contributed by atoms with E-state index in [1.54, 1.807) is 0 Å². The molecule has 0 fully saturated rings. The van der Waals surface area contributed by atoms with Crippen LogP contribution in [0.25, 0.3) is 0 Å². The van der Waals surface area contributed by atoms with Gasteiger partial charge in [0.15, 0.2) is 0 Å². The quantitative estimate of drug-likeness (QED) is 0.478. The number of aliphatic hydroxyl groups excluding tert-OH is 1. The molecule has 0 amide bonds. The topological polar surface area (TPSA) is 61.4 Å². The summed E-state index contributed by atoms with van der Waals surface area (Å²) in [5, 5.41) is 21.5. The number of nitrogens with one attached hydrogen (secondary N) is 1. The van der Waals surface area contributed by atoms with Gasteiger partial charge in [-0.3, -0.25) is 0 Å². The van der Waals surface area contributed by atoms with Crippen molar-refractivity contribution in [3.8, 4) is 0 Å². The molecule has 4 nitrogen and oxygen atoms in total. The average Bonchev–Trinajstić information content (AvgIpc) is 2.10. The smallest absolute Gasteiger partial charge is 0.0844 e. The van der Waals surface area contributed by atoms with Gasteiger partial charge in [0.25, 0.3) is 0 Å². The molecule has 0 bridgehead atoms. The number of rotatable bonds is 9. The summed E-state index contributed by atoms with van der Waals surface area (Å²) in [5.41, 5.74) is 0. The van der Waals surface area contributed by atoms with E-state index in [4.69, 9.17) is 9.84 Å². The molecular formula is C8H18NO3. The molecule has 0 aliphatic rings. The predicted molar refractivity (Wildman–Crippen MR) is 45.6 cm³/mol. The van der Waals surface area contributed by atoms with Gasteiger partial charge in [0.2, 0.25) is 0 Å². The molecular weight excluding hydrogens is 158 g/mol. The van der Waals surface area contributed by atoms with Crippen molar-refractivity contribution in [2.45, 2.75) is 12.8 Å². The van der Waals surface area contributed by atoms with E-state index in [1.165, 1.54) is 0 Å². The normalized spacial score (nSPS) is 10.5. The van der Waals surface area contributed by atoms with Crippen LogP contribution in [0, 0.1) is 0 Å². The molecule has 0 unspecified atom stereocenters. The van der Waals surface area contributed by atoms with Gasteiger partial charge in [-0.1, -0.05) is 0 Å². The third-order valence-corrected chi connectivity index (χ3v) is 1.37. The maximum atomic E-state index is 9.98. The summed E-state index contributed by atoms with van der Waals surface area (Å²) in [6.45, 7) is 2.98. The predicted octanol–water partition coefficient (Wildman–Crippen LogP) is -0.204. The van der Waals surface area contributed by atoms with Crippen LogP contribution in [0.4, 0.5) is 0 Å². The Hall–Kier alpha value is -0.160. The zero-order chi connectivity index (χ0) is 9.07. The Morgan fingerprint density at radius 1 is 1.17 bits per heavy atom. The summed E-state index contributed by atoms with van der Waals surface area (Å²) in [7, 11) is 0. The lowest BCUT2D eigenvalue weighted by Gasteiger charge is -2.03. The molecule has 0 heterocycles. The van der Waals surface area contributed by atoms with Gasteiger partial charge < -0.3 is 15.2 Å². The highest BCUT2D eigenvalue weighted by Crippen LogP contribution is 1.80. The second kappa shape index (κ2) is 10.8. The first kappa shape index (κ1) is 11.8. The molecule has 0 aliphatic carbocycles. The van der Waals surface area contributed by atoms with Crippen molar-refractivity contribution in [1.82, 2.24) is 5.32 Å². The molecule has 1 radical (unpaired) electrons. The van der Waals surface area contributed by atoms with Crippen LogP contribution in [0.15, 0.2) is 0 Å². The third-order valence-electron chi connectivity index (χ3n) is 1.37. The first-order chi connectivity index (χ1) is 5.91. The van der Waals surface area contributed by atoms with Gasteiger partial charge in [-0.05, 0) is 19.4 Å². The number of aliphatic hydroxyl groups is 1. The minimum absolute atomic E-state index is 0.0576. The van der Waals surface area contributed by atoms with Gasteiger partial charge in [0.05, 0.1) is 13.2 Å². The van der Waals surface area contributed by atoms with Crippen LogP contribution in [0.2, 0.25) is 0 Å². The Morgan fingerprint density at radius 3 is 2.67 bits per heavy atom. The molecule has 0 atom stereocenters. The molecule has 0 aromatic rings. The van der Waals surface area contributed by atoms with Crippen LogP contribution in [-0.4, -0.2) is 44.6 Å². The SMILES string of the molecule is [O]CCCOCCNCCCO. The third kappa shape index (κ3) is 9.84. The number of hydrogen-bond acceptors (Lipinski definition) is 3. The highest BCUT2D eigenvalue weighted by Gasteiger charge is 1.88. The second-order valence-corrected chi connectivity index (χ2v) is 2.50. The number of hydrogen-bond donors (Lipinski definition) is 2. The summed E-state index contributed by atoms with van der Waals surface area (Å²) in [6.07, 6.45) is 1.37. The van der Waals surface area contributed by atoms with Crippen molar-refractivity contribution >= 4 is 0 Å². The van der Waals surface area contributed by atoms with Gasteiger partial charge in [0.1, 0.15) is 0 Å². The lowest BCUT2D eigenvalue weighted by molar-refractivity contribution is 0.100. The van der Waals surface area contributed by atoms with Gasteiger partial charge in [-0.2, -0.15) is 0 Å². The van der Waals surface area contributed by atoms with E-state index in [0.717, 1.165) is 19.5 Å². The summed E-state index contributed by atoms with van der Waals surface area (Å²) < 4.78 is 5.13. The van der Waals surface area contributed by atoms with E-state index in [0.29, 0.717) is 19.6 Å². The maximum Gasteiger partial charge on any atom is 0.0844 e. The van der Waals surface area contributed by atoms with Gasteiger partial charge in [-0.15, -0.1) is 0 Å². The fourth-order valence-corrected chi connectivity index (χ4v) is 0.736. The molecule has 0 saturated heterocycles. The molecule has 0 saturated carbocycles. The first-order valence-corrected chi connectivity index (χ1v) is 4.39. The Bertz CT molecular complexity index is 70.7. The minimum Gasteiger partial charge on any atom is -0.396 e. The Balaban J connectivity index is 2.73. The lowest BCUT2D eigenvalue weighted by atomic mass is 10.4. The molecule has 2 N–H and O–H groups in total. The Labute approximate surface area is 73.5 Å². The summed E-state index contributed by atoms with van der Waals surface area (Å²) in [6, 6.07) is 0. The highest BCUT2D eigenvalue weighted by atomic mass is 16.5. The molecule has 73 valence electrons. The molecule has 0 spiro atoms. The summed E-state index contributed by atoms with van der Waals surface area (Å²) in [4.78, 5) is 0. The Morgan fingerprint density at radius 2 is 2.00 bits per heavy atom. The first-order valence-electron chi connectivity index (χ1n) is 4.39. The van der Waals surface area contributed by atoms with E-state index in [2.05, 4.69) is 5.32 Å². The van der Waals surface area contributed by atoms with Gasteiger partial charge >= 0.3 is 0 Å². The van der Waals surface area contributed by atoms with E-state index >= 15 is 0 Å². The number of ether oxygens (including phenoxy) is 1. The fraction of sp³-hybridized carbons (Fsp3) is 1.00. The van der Waals surface area contributed by atoms with E-state index in [-0.39, 0.29) is 13.2 Å². The average molecular weight is 176 g/mol. The monoisotopic (exact) mass is 176 g/mol. The lowest BCUT2D eigenvalue weighted by Crippen LogP contribution is -2.21. The van der Waals surface area contributed by atoms with Crippen LogP contribution in [0.3, 0.4) is 0 Å². The van der Waals surface area contributed by atoms with Crippen molar-refractivity contribution in [3.05, 3.63) is 0 Å². The van der Waals surface area contributed by atoms with E-state index < -0.39 is 0 Å². The fourth-order valence-electron chi connectivity index (χ4n) is 0.736. The highest BCUT2D eigenvalue weighted by molar-refractivity contribution is 4.45. The van der Waals surface area contributed by atoms with Gasteiger partial charge in [0, 0.05) is 19.8 Å². The maximum absolute atomic E-state index is 9.98. The van der Waals surface area contributed by atoms with Crippen molar-refractivity contribution in [2.24, 2.45) is 0 Å². The van der Waals surface area contributed by atoms with E-state index in [1.807, 2.05) is 0 Å². The van der Waals surface area contributed by atoms with Gasteiger partial charge in [-0.25, -0.2) is 5.11 Å². The zero-order valence-corrected chi connectivity index (χ0v) is 7.42. The standard InChI is InChI=1S/C8H18NO3/c10-5-1-3-9-4-8-12-7-2-6-11/h9-10H,1-8H2. The van der Waals surface area contributed by atoms with Crippen LogP contribution in [0.5, 0.6) is 0 Å².